The van der Waals surface area contributed by atoms with Crippen molar-refractivity contribution >= 4 is 11.6 Å². The minimum absolute atomic E-state index is 0.0923. The lowest BCUT2D eigenvalue weighted by molar-refractivity contribution is -0.0512. The quantitative estimate of drug-likeness (QED) is 0.691. The number of nitrogens with zero attached hydrogens (tertiary/aromatic N) is 1. The van der Waals surface area contributed by atoms with E-state index in [1.807, 2.05) is 37.3 Å². The Hall–Kier alpha value is -2.63. The molecule has 0 atom stereocenters. The topological polar surface area (TPSA) is 38.8 Å². The zero-order chi connectivity index (χ0) is 18.2. The number of hydrogen-bond acceptors (Lipinski definition) is 3. The number of anilines is 1. The summed E-state index contributed by atoms with van der Waals surface area (Å²) in [7, 11) is 1.34. The number of para-hydroxylation sites is 1. The molecule has 0 saturated carbocycles. The number of benzene rings is 2. The molecule has 2 aromatic rings. The van der Waals surface area contributed by atoms with Gasteiger partial charge in [0.15, 0.2) is 11.5 Å². The van der Waals surface area contributed by atoms with E-state index in [9.17, 15) is 13.6 Å². The second-order valence-electron chi connectivity index (χ2n) is 5.39. The third kappa shape index (κ3) is 4.92. The largest absolute Gasteiger partial charge is 0.493 e. The minimum Gasteiger partial charge on any atom is -0.493 e. The summed E-state index contributed by atoms with van der Waals surface area (Å²) in [4.78, 5) is 14.6. The van der Waals surface area contributed by atoms with Crippen molar-refractivity contribution in [2.24, 2.45) is 0 Å². The normalized spacial score (nSPS) is 10.6. The summed E-state index contributed by atoms with van der Waals surface area (Å²) in [5, 5.41) is 0. The molecule has 2 rings (SSSR count). The molecular formula is C19H21F2NO3. The molecule has 0 spiro atoms. The molecule has 0 aliphatic rings. The molecule has 0 unspecified atom stereocenters. The van der Waals surface area contributed by atoms with Gasteiger partial charge in [0.05, 0.1) is 7.11 Å². The molecule has 0 aliphatic heterocycles. The first kappa shape index (κ1) is 18.7. The molecular weight excluding hydrogens is 328 g/mol. The number of rotatable bonds is 8. The van der Waals surface area contributed by atoms with E-state index in [2.05, 4.69) is 4.74 Å². The maximum absolute atomic E-state index is 12.9. The second-order valence-corrected chi connectivity index (χ2v) is 5.39. The van der Waals surface area contributed by atoms with Gasteiger partial charge in [-0.3, -0.25) is 4.79 Å². The van der Waals surface area contributed by atoms with Gasteiger partial charge in [-0.15, -0.1) is 0 Å². The van der Waals surface area contributed by atoms with Crippen LogP contribution >= 0.6 is 0 Å². The summed E-state index contributed by atoms with van der Waals surface area (Å²) >= 11 is 0. The van der Waals surface area contributed by atoms with Crippen molar-refractivity contribution in [2.75, 3.05) is 18.6 Å². The Morgan fingerprint density at radius 3 is 2.44 bits per heavy atom. The van der Waals surface area contributed by atoms with Crippen LogP contribution in [-0.4, -0.2) is 26.2 Å². The number of unbranched alkanes of at least 4 members (excludes halogenated alkanes) is 1. The van der Waals surface area contributed by atoms with Crippen LogP contribution in [0.15, 0.2) is 48.5 Å². The lowest BCUT2D eigenvalue weighted by Crippen LogP contribution is -2.31. The summed E-state index contributed by atoms with van der Waals surface area (Å²) in [6.45, 7) is -0.342. The van der Waals surface area contributed by atoms with Crippen molar-refractivity contribution in [3.63, 3.8) is 0 Å². The summed E-state index contributed by atoms with van der Waals surface area (Å²) in [6.07, 6.45) is 1.80. The molecule has 134 valence electrons. The molecule has 0 aromatic heterocycles. The van der Waals surface area contributed by atoms with Crippen LogP contribution < -0.4 is 14.4 Å². The van der Waals surface area contributed by atoms with Gasteiger partial charge in [0.25, 0.3) is 5.91 Å². The lowest BCUT2D eigenvalue weighted by atomic mass is 10.1. The zero-order valence-electron chi connectivity index (χ0n) is 14.2. The van der Waals surface area contributed by atoms with Gasteiger partial charge < -0.3 is 14.4 Å². The van der Waals surface area contributed by atoms with Gasteiger partial charge in [-0.1, -0.05) is 31.5 Å². The molecule has 6 heteroatoms. The van der Waals surface area contributed by atoms with Crippen molar-refractivity contribution < 1.29 is 23.0 Å². The molecule has 0 saturated heterocycles. The third-order valence-electron chi connectivity index (χ3n) is 3.67. The average Bonchev–Trinajstić information content (AvgIpc) is 2.62. The Bertz CT molecular complexity index is 692. The van der Waals surface area contributed by atoms with E-state index in [4.69, 9.17) is 4.74 Å². The summed E-state index contributed by atoms with van der Waals surface area (Å²) < 4.78 is 34.3. The molecule has 4 nitrogen and oxygen atoms in total. The van der Waals surface area contributed by atoms with Crippen molar-refractivity contribution in [1.82, 2.24) is 0 Å². The fraction of sp³-hybridized carbons (Fsp3) is 0.316. The lowest BCUT2D eigenvalue weighted by Gasteiger charge is -2.23. The number of halogens is 2. The second kappa shape index (κ2) is 9.01. The zero-order valence-corrected chi connectivity index (χ0v) is 14.2. The highest BCUT2D eigenvalue weighted by molar-refractivity contribution is 6.06. The van der Waals surface area contributed by atoms with E-state index in [0.717, 1.165) is 18.5 Å². The van der Waals surface area contributed by atoms with E-state index < -0.39 is 6.61 Å². The van der Waals surface area contributed by atoms with Crippen LogP contribution in [-0.2, 0) is 0 Å². The molecule has 0 N–H and O–H groups in total. The average molecular weight is 349 g/mol. The molecule has 25 heavy (non-hydrogen) atoms. The predicted molar refractivity (Wildman–Crippen MR) is 92.7 cm³/mol. The highest BCUT2D eigenvalue weighted by Gasteiger charge is 2.20. The van der Waals surface area contributed by atoms with Crippen molar-refractivity contribution in [3.05, 3.63) is 54.1 Å². The number of ether oxygens (including phenoxy) is 2. The number of amides is 1. The number of methoxy groups -OCH3 is 1. The Morgan fingerprint density at radius 1 is 1.12 bits per heavy atom. The van der Waals surface area contributed by atoms with Crippen LogP contribution in [0.1, 0.15) is 30.1 Å². The standard InChI is InChI=1S/C19H21F2NO3/c1-3-4-12-22(15-8-6-5-7-9-15)18(23)14-10-11-16(25-19(20)21)17(13-14)24-2/h5-11,13,19H,3-4,12H2,1-2H3. The van der Waals surface area contributed by atoms with Crippen LogP contribution in [0.3, 0.4) is 0 Å². The first-order valence-electron chi connectivity index (χ1n) is 8.06. The molecule has 1 amide bonds. The van der Waals surface area contributed by atoms with Gasteiger partial charge in [-0.2, -0.15) is 8.78 Å². The Balaban J connectivity index is 2.32. The van der Waals surface area contributed by atoms with E-state index in [-0.39, 0.29) is 17.4 Å². The number of carbonyl (C=O) groups excluding carboxylic acids is 1. The van der Waals surface area contributed by atoms with Gasteiger partial charge >= 0.3 is 6.61 Å². The monoisotopic (exact) mass is 349 g/mol. The van der Waals surface area contributed by atoms with E-state index in [1.165, 1.54) is 25.3 Å². The van der Waals surface area contributed by atoms with E-state index >= 15 is 0 Å². The van der Waals surface area contributed by atoms with E-state index in [1.54, 1.807) is 4.90 Å². The third-order valence-corrected chi connectivity index (χ3v) is 3.67. The van der Waals surface area contributed by atoms with Gasteiger partial charge in [-0.25, -0.2) is 0 Å². The fourth-order valence-corrected chi connectivity index (χ4v) is 2.42. The van der Waals surface area contributed by atoms with Gasteiger partial charge in [-0.05, 0) is 36.8 Å². The van der Waals surface area contributed by atoms with Crippen molar-refractivity contribution in [3.8, 4) is 11.5 Å². The molecule has 0 aliphatic carbocycles. The Morgan fingerprint density at radius 2 is 1.84 bits per heavy atom. The van der Waals surface area contributed by atoms with Gasteiger partial charge in [0.1, 0.15) is 0 Å². The van der Waals surface area contributed by atoms with Crippen LogP contribution in [0.5, 0.6) is 11.5 Å². The molecule has 0 fully saturated rings. The number of hydrogen-bond donors (Lipinski definition) is 0. The predicted octanol–water partition coefficient (Wildman–Crippen LogP) is 4.74. The van der Waals surface area contributed by atoms with Crippen LogP contribution in [0, 0.1) is 0 Å². The maximum atomic E-state index is 12.9. The summed E-state index contributed by atoms with van der Waals surface area (Å²) in [5.41, 5.74) is 1.13. The molecule has 0 bridgehead atoms. The highest BCUT2D eigenvalue weighted by atomic mass is 19.3. The van der Waals surface area contributed by atoms with Crippen LogP contribution in [0.25, 0.3) is 0 Å². The minimum atomic E-state index is -2.96. The van der Waals surface area contributed by atoms with Gasteiger partial charge in [0.2, 0.25) is 0 Å². The Kier molecular flexibility index (Phi) is 6.74. The maximum Gasteiger partial charge on any atom is 0.387 e. The first-order chi connectivity index (χ1) is 12.1. The SMILES string of the molecule is CCCCN(C(=O)c1ccc(OC(F)F)c(OC)c1)c1ccccc1. The molecule has 0 radical (unpaired) electrons. The van der Waals surface area contributed by atoms with Gasteiger partial charge in [0, 0.05) is 17.8 Å². The smallest absolute Gasteiger partial charge is 0.387 e. The Labute approximate surface area is 146 Å². The van der Waals surface area contributed by atoms with Crippen LogP contribution in [0.2, 0.25) is 0 Å². The van der Waals surface area contributed by atoms with E-state index in [0.29, 0.717) is 12.1 Å². The number of alkyl halides is 2. The molecule has 0 heterocycles. The summed E-state index contributed by atoms with van der Waals surface area (Å²) in [5.74, 6) is -0.231. The van der Waals surface area contributed by atoms with Crippen LogP contribution in [0.4, 0.5) is 14.5 Å². The number of carbonyl (C=O) groups is 1. The summed E-state index contributed by atoms with van der Waals surface area (Å²) in [6, 6.07) is 13.5. The molecule has 2 aromatic carbocycles. The first-order valence-corrected chi connectivity index (χ1v) is 8.06. The van der Waals surface area contributed by atoms with Crippen molar-refractivity contribution in [2.45, 2.75) is 26.4 Å². The highest BCUT2D eigenvalue weighted by Crippen LogP contribution is 2.30. The van der Waals surface area contributed by atoms with Crippen molar-refractivity contribution in [1.29, 1.82) is 0 Å². The fourth-order valence-electron chi connectivity index (χ4n) is 2.42.